The van der Waals surface area contributed by atoms with Gasteiger partial charge in [0.15, 0.2) is 0 Å². The highest BCUT2D eigenvalue weighted by molar-refractivity contribution is 5.54. The molecule has 0 spiro atoms. The van der Waals surface area contributed by atoms with Gasteiger partial charge in [0.2, 0.25) is 0 Å². The van der Waals surface area contributed by atoms with Gasteiger partial charge in [0.25, 0.3) is 0 Å². The zero-order chi connectivity index (χ0) is 15.5. The molecule has 0 N–H and O–H groups in total. The normalized spacial score (nSPS) is 19.1. The molecule has 1 unspecified atom stereocenters. The van der Waals surface area contributed by atoms with Crippen molar-refractivity contribution in [3.63, 3.8) is 0 Å². The van der Waals surface area contributed by atoms with E-state index in [0.29, 0.717) is 13.2 Å². The van der Waals surface area contributed by atoms with E-state index in [4.69, 9.17) is 10.00 Å². The number of aromatic nitrogens is 1. The summed E-state index contributed by atoms with van der Waals surface area (Å²) in [4.78, 5) is 5.22. The molecule has 0 aliphatic carbocycles. The third kappa shape index (κ3) is 3.85. The summed E-state index contributed by atoms with van der Waals surface area (Å²) in [5, 5.41) is 9.04. The Morgan fingerprint density at radius 3 is 2.81 bits per heavy atom. The lowest BCUT2D eigenvalue weighted by Crippen LogP contribution is -2.32. The number of anilines is 1. The second-order valence-electron chi connectivity index (χ2n) is 5.14. The van der Waals surface area contributed by atoms with Gasteiger partial charge in [-0.1, -0.05) is 0 Å². The van der Waals surface area contributed by atoms with Gasteiger partial charge in [0, 0.05) is 20.2 Å². The van der Waals surface area contributed by atoms with Gasteiger partial charge in [-0.2, -0.15) is 18.4 Å². The average Bonchev–Trinajstić information content (AvgIpc) is 2.46. The van der Waals surface area contributed by atoms with Crippen LogP contribution in [0.15, 0.2) is 12.1 Å². The molecule has 2 heterocycles. The Balaban J connectivity index is 2.21. The Kier molecular flexibility index (Phi) is 4.68. The van der Waals surface area contributed by atoms with Crippen LogP contribution in [0.25, 0.3) is 0 Å². The second-order valence-corrected chi connectivity index (χ2v) is 5.14. The summed E-state index contributed by atoms with van der Waals surface area (Å²) in [6.07, 6.45) is -2.61. The van der Waals surface area contributed by atoms with Gasteiger partial charge in [-0.3, -0.25) is 0 Å². The fourth-order valence-electron chi connectivity index (χ4n) is 2.41. The number of nitrogens with zero attached hydrogens (tertiary/aromatic N) is 3. The number of hydrogen-bond acceptors (Lipinski definition) is 4. The molecule has 114 valence electrons. The molecular formula is C14H16F3N3O. The minimum atomic E-state index is -4.52. The first kappa shape index (κ1) is 15.6. The molecule has 0 saturated carbocycles. The van der Waals surface area contributed by atoms with Crippen molar-refractivity contribution in [2.24, 2.45) is 5.92 Å². The van der Waals surface area contributed by atoms with Crippen LogP contribution in [0.4, 0.5) is 19.0 Å². The number of hydrogen-bond donors (Lipinski definition) is 0. The molecule has 0 amide bonds. The maximum atomic E-state index is 12.7. The van der Waals surface area contributed by atoms with E-state index in [2.05, 4.69) is 4.98 Å². The molecule has 2 rings (SSSR count). The van der Waals surface area contributed by atoms with Crippen molar-refractivity contribution in [3.8, 4) is 6.07 Å². The number of halogens is 3. The van der Waals surface area contributed by atoms with Crippen LogP contribution in [0.2, 0.25) is 0 Å². The molecule has 1 saturated heterocycles. The number of nitriles is 1. The van der Waals surface area contributed by atoms with Gasteiger partial charge in [-0.25, -0.2) is 4.98 Å². The van der Waals surface area contributed by atoms with Crippen molar-refractivity contribution in [1.82, 2.24) is 4.98 Å². The molecule has 1 aliphatic rings. The van der Waals surface area contributed by atoms with E-state index in [0.717, 1.165) is 25.5 Å². The van der Waals surface area contributed by atoms with Gasteiger partial charge in [0.1, 0.15) is 17.6 Å². The maximum absolute atomic E-state index is 12.7. The van der Waals surface area contributed by atoms with Crippen molar-refractivity contribution in [2.45, 2.75) is 19.0 Å². The lowest BCUT2D eigenvalue weighted by molar-refractivity contribution is -0.141. The summed E-state index contributed by atoms with van der Waals surface area (Å²) in [6, 6.07) is 3.89. The molecule has 1 aromatic rings. The van der Waals surface area contributed by atoms with Crippen LogP contribution in [-0.2, 0) is 10.9 Å². The van der Waals surface area contributed by atoms with Gasteiger partial charge < -0.3 is 9.64 Å². The summed E-state index contributed by atoms with van der Waals surface area (Å²) in [5.41, 5.74) is -0.842. The predicted molar refractivity (Wildman–Crippen MR) is 70.8 cm³/mol. The minimum Gasteiger partial charge on any atom is -0.381 e. The monoisotopic (exact) mass is 299 g/mol. The third-order valence-corrected chi connectivity index (χ3v) is 3.43. The third-order valence-electron chi connectivity index (χ3n) is 3.43. The largest absolute Gasteiger partial charge is 0.433 e. The van der Waals surface area contributed by atoms with Gasteiger partial charge in [0.05, 0.1) is 12.2 Å². The van der Waals surface area contributed by atoms with Crippen molar-refractivity contribution in [1.29, 1.82) is 5.26 Å². The fourth-order valence-corrected chi connectivity index (χ4v) is 2.41. The zero-order valence-corrected chi connectivity index (χ0v) is 11.7. The van der Waals surface area contributed by atoms with Gasteiger partial charge in [-0.05, 0) is 30.9 Å². The molecule has 21 heavy (non-hydrogen) atoms. The summed E-state index contributed by atoms with van der Waals surface area (Å²) in [7, 11) is 1.65. The number of ether oxygens (including phenoxy) is 1. The Morgan fingerprint density at radius 1 is 1.48 bits per heavy atom. The van der Waals surface area contributed by atoms with Crippen molar-refractivity contribution in [2.75, 3.05) is 31.7 Å². The first-order chi connectivity index (χ1) is 9.91. The summed E-state index contributed by atoms with van der Waals surface area (Å²) in [5.74, 6) is 0.310. The van der Waals surface area contributed by atoms with E-state index >= 15 is 0 Å². The van der Waals surface area contributed by atoms with E-state index in [9.17, 15) is 13.2 Å². The Bertz CT molecular complexity index is 533. The lowest BCUT2D eigenvalue weighted by Gasteiger charge is -2.28. The van der Waals surface area contributed by atoms with Crippen molar-refractivity contribution in [3.05, 3.63) is 23.4 Å². The van der Waals surface area contributed by atoms with Crippen LogP contribution in [0.3, 0.4) is 0 Å². The van der Waals surface area contributed by atoms with Crippen LogP contribution in [0, 0.1) is 17.2 Å². The molecule has 1 aliphatic heterocycles. The topological polar surface area (TPSA) is 49.1 Å². The smallest absolute Gasteiger partial charge is 0.381 e. The first-order valence-electron chi connectivity index (χ1n) is 6.69. The van der Waals surface area contributed by atoms with Crippen LogP contribution in [0.1, 0.15) is 24.1 Å². The molecule has 0 bridgehead atoms. The number of alkyl halides is 3. The summed E-state index contributed by atoms with van der Waals surface area (Å²) < 4.78 is 43.6. The highest BCUT2D eigenvalue weighted by Gasteiger charge is 2.33. The average molecular weight is 299 g/mol. The first-order valence-corrected chi connectivity index (χ1v) is 6.69. The predicted octanol–water partition coefficient (Wildman–Crippen LogP) is 2.83. The molecule has 7 heteroatoms. The summed E-state index contributed by atoms with van der Waals surface area (Å²) in [6.45, 7) is 1.83. The van der Waals surface area contributed by atoms with Crippen LogP contribution in [0.5, 0.6) is 0 Å². The van der Waals surface area contributed by atoms with Crippen LogP contribution in [-0.4, -0.2) is 31.8 Å². The van der Waals surface area contributed by atoms with Crippen molar-refractivity contribution < 1.29 is 17.9 Å². The highest BCUT2D eigenvalue weighted by atomic mass is 19.4. The summed E-state index contributed by atoms with van der Waals surface area (Å²) >= 11 is 0. The lowest BCUT2D eigenvalue weighted by atomic mass is 10.0. The minimum absolute atomic E-state index is 0.0675. The standard InChI is InChI=1S/C14H16F3N3O/c1-20(8-10-3-2-6-21-9-10)13-11(7-18)4-5-12(19-13)14(15,16)17/h4-5,10H,2-3,6,8-9H2,1H3. The van der Waals surface area contributed by atoms with E-state index in [1.807, 2.05) is 6.07 Å². The molecule has 4 nitrogen and oxygen atoms in total. The van der Waals surface area contributed by atoms with Crippen LogP contribution < -0.4 is 4.90 Å². The van der Waals surface area contributed by atoms with E-state index < -0.39 is 11.9 Å². The highest BCUT2D eigenvalue weighted by Crippen LogP contribution is 2.30. The number of rotatable bonds is 3. The van der Waals surface area contributed by atoms with Crippen molar-refractivity contribution >= 4 is 5.82 Å². The SMILES string of the molecule is CN(CC1CCCOC1)c1nc(C(F)(F)F)ccc1C#N. The van der Waals surface area contributed by atoms with Crippen LogP contribution >= 0.6 is 0 Å². The molecule has 0 aromatic carbocycles. The number of pyridine rings is 1. The van der Waals surface area contributed by atoms with Gasteiger partial charge in [-0.15, -0.1) is 0 Å². The second kappa shape index (κ2) is 6.31. The molecule has 1 fully saturated rings. The zero-order valence-electron chi connectivity index (χ0n) is 11.7. The Hall–Kier alpha value is -1.81. The Morgan fingerprint density at radius 2 is 2.24 bits per heavy atom. The van der Waals surface area contributed by atoms with E-state index in [1.165, 1.54) is 6.07 Å². The molecule has 1 atom stereocenters. The van der Waals surface area contributed by atoms with Gasteiger partial charge >= 0.3 is 6.18 Å². The Labute approximate surface area is 121 Å². The van der Waals surface area contributed by atoms with E-state index in [1.54, 1.807) is 11.9 Å². The van der Waals surface area contributed by atoms with E-state index in [-0.39, 0.29) is 17.3 Å². The molecule has 1 aromatic heterocycles. The molecule has 0 radical (unpaired) electrons. The maximum Gasteiger partial charge on any atom is 0.433 e. The quantitative estimate of drug-likeness (QED) is 0.861. The molecular weight excluding hydrogens is 283 g/mol. The fraction of sp³-hybridized carbons (Fsp3) is 0.571.